The number of carbonyl (C=O) groups excluding carboxylic acids is 1. The first-order chi connectivity index (χ1) is 10.1. The van der Waals surface area contributed by atoms with Gasteiger partial charge in [-0.2, -0.15) is 0 Å². The Balaban J connectivity index is 1.87. The summed E-state index contributed by atoms with van der Waals surface area (Å²) in [4.78, 5) is 11.9. The van der Waals surface area contributed by atoms with Crippen LogP contribution in [0.4, 0.5) is 0 Å². The second-order valence-corrected chi connectivity index (χ2v) is 5.05. The molecule has 0 heterocycles. The largest absolute Gasteiger partial charge is 0.508 e. The van der Waals surface area contributed by atoms with Gasteiger partial charge >= 0.3 is 0 Å². The van der Waals surface area contributed by atoms with Crippen molar-refractivity contribution in [3.05, 3.63) is 65.2 Å². The number of nitrogens with one attached hydrogen (secondary N) is 1. The molecule has 4 heteroatoms. The van der Waals surface area contributed by atoms with Gasteiger partial charge in [0.25, 0.3) is 5.91 Å². The second-order valence-electron chi connectivity index (χ2n) is 5.05. The van der Waals surface area contributed by atoms with E-state index in [2.05, 4.69) is 5.32 Å². The van der Waals surface area contributed by atoms with Crippen molar-refractivity contribution in [2.45, 2.75) is 19.4 Å². The van der Waals surface area contributed by atoms with Crippen molar-refractivity contribution in [2.24, 2.45) is 0 Å². The van der Waals surface area contributed by atoms with Gasteiger partial charge < -0.3 is 15.5 Å². The number of benzene rings is 2. The Labute approximate surface area is 124 Å². The molecule has 0 fully saturated rings. The summed E-state index contributed by atoms with van der Waals surface area (Å²) in [6.45, 7) is 1.93. The molecular formula is C17H19NO3. The average Bonchev–Trinajstić information content (AvgIpc) is 2.48. The zero-order valence-electron chi connectivity index (χ0n) is 11.9. The molecule has 0 spiro atoms. The van der Waals surface area contributed by atoms with Gasteiger partial charge in [0, 0.05) is 18.5 Å². The molecule has 0 aliphatic rings. The average molecular weight is 285 g/mol. The maximum Gasteiger partial charge on any atom is 0.251 e. The summed E-state index contributed by atoms with van der Waals surface area (Å²) >= 11 is 0. The summed E-state index contributed by atoms with van der Waals surface area (Å²) in [7, 11) is 0. The monoisotopic (exact) mass is 285 g/mol. The molecule has 1 unspecified atom stereocenters. The second kappa shape index (κ2) is 6.90. The van der Waals surface area contributed by atoms with Gasteiger partial charge in [0.1, 0.15) is 5.75 Å². The fourth-order valence-electron chi connectivity index (χ4n) is 2.02. The molecule has 0 aliphatic heterocycles. The van der Waals surface area contributed by atoms with Crippen molar-refractivity contribution in [2.75, 3.05) is 6.54 Å². The zero-order valence-corrected chi connectivity index (χ0v) is 11.9. The number of rotatable bonds is 5. The lowest BCUT2D eigenvalue weighted by molar-refractivity contribution is 0.0915. The third kappa shape index (κ3) is 4.33. The number of phenolic OH excluding ortho intramolecular Hbond substituents is 1. The Bertz CT molecular complexity index is 611. The van der Waals surface area contributed by atoms with E-state index >= 15 is 0 Å². The van der Waals surface area contributed by atoms with E-state index in [1.807, 2.05) is 30.3 Å². The standard InChI is InChI=1S/C17H19NO3/c1-12-7-8-14(10-16(12)20)17(21)18-11-15(19)9-13-5-3-2-4-6-13/h2-8,10,15,19-20H,9,11H2,1H3,(H,18,21). The molecule has 2 rings (SSSR count). The van der Waals surface area contributed by atoms with E-state index in [-0.39, 0.29) is 18.2 Å². The van der Waals surface area contributed by atoms with Gasteiger partial charge in [-0.3, -0.25) is 4.79 Å². The van der Waals surface area contributed by atoms with Crippen LogP contribution in [0.5, 0.6) is 5.75 Å². The van der Waals surface area contributed by atoms with E-state index in [0.29, 0.717) is 12.0 Å². The van der Waals surface area contributed by atoms with Crippen molar-refractivity contribution >= 4 is 5.91 Å². The van der Waals surface area contributed by atoms with Gasteiger partial charge in [0.2, 0.25) is 0 Å². The minimum Gasteiger partial charge on any atom is -0.508 e. The van der Waals surface area contributed by atoms with Crippen LogP contribution in [-0.4, -0.2) is 28.8 Å². The molecule has 0 radical (unpaired) electrons. The van der Waals surface area contributed by atoms with Gasteiger partial charge in [0.15, 0.2) is 0 Å². The number of phenols is 1. The highest BCUT2D eigenvalue weighted by Gasteiger charge is 2.10. The highest BCUT2D eigenvalue weighted by molar-refractivity contribution is 5.94. The Morgan fingerprint density at radius 3 is 2.57 bits per heavy atom. The molecule has 1 amide bonds. The van der Waals surface area contributed by atoms with Crippen LogP contribution in [0.1, 0.15) is 21.5 Å². The highest BCUT2D eigenvalue weighted by Crippen LogP contribution is 2.17. The molecule has 21 heavy (non-hydrogen) atoms. The lowest BCUT2D eigenvalue weighted by Gasteiger charge is -2.12. The fourth-order valence-corrected chi connectivity index (χ4v) is 2.02. The number of aromatic hydroxyl groups is 1. The first-order valence-electron chi connectivity index (χ1n) is 6.86. The molecule has 0 saturated carbocycles. The van der Waals surface area contributed by atoms with E-state index in [1.54, 1.807) is 19.1 Å². The van der Waals surface area contributed by atoms with E-state index in [0.717, 1.165) is 11.1 Å². The predicted octanol–water partition coefficient (Wildman–Crippen LogP) is 2.03. The molecule has 4 nitrogen and oxygen atoms in total. The molecule has 0 saturated heterocycles. The van der Waals surface area contributed by atoms with Gasteiger partial charge in [-0.15, -0.1) is 0 Å². The van der Waals surface area contributed by atoms with Crippen LogP contribution in [0.3, 0.4) is 0 Å². The Morgan fingerprint density at radius 2 is 1.90 bits per heavy atom. The molecule has 110 valence electrons. The maximum absolute atomic E-state index is 11.9. The summed E-state index contributed by atoms with van der Waals surface area (Å²) in [6, 6.07) is 14.4. The van der Waals surface area contributed by atoms with E-state index < -0.39 is 6.10 Å². The molecule has 1 atom stereocenters. The highest BCUT2D eigenvalue weighted by atomic mass is 16.3. The van der Waals surface area contributed by atoms with Crippen LogP contribution < -0.4 is 5.32 Å². The van der Waals surface area contributed by atoms with Crippen LogP contribution >= 0.6 is 0 Å². The Kier molecular flexibility index (Phi) is 4.95. The van der Waals surface area contributed by atoms with Crippen LogP contribution in [-0.2, 0) is 6.42 Å². The number of aliphatic hydroxyl groups excluding tert-OH is 1. The third-order valence-corrected chi connectivity index (χ3v) is 3.28. The number of hydrogen-bond acceptors (Lipinski definition) is 3. The SMILES string of the molecule is Cc1ccc(C(=O)NCC(O)Cc2ccccc2)cc1O. The molecule has 3 N–H and O–H groups in total. The van der Waals surface area contributed by atoms with Gasteiger partial charge in [-0.05, 0) is 30.2 Å². The summed E-state index contributed by atoms with van der Waals surface area (Å²) in [6.07, 6.45) is -0.157. The maximum atomic E-state index is 11.9. The lowest BCUT2D eigenvalue weighted by atomic mass is 10.1. The summed E-state index contributed by atoms with van der Waals surface area (Å²) < 4.78 is 0. The number of carbonyl (C=O) groups is 1. The van der Waals surface area contributed by atoms with Crippen LogP contribution in [0.15, 0.2) is 48.5 Å². The molecular weight excluding hydrogens is 266 g/mol. The number of aryl methyl sites for hydroxylation is 1. The number of hydrogen-bond donors (Lipinski definition) is 3. The van der Waals surface area contributed by atoms with Crippen molar-refractivity contribution in [3.8, 4) is 5.75 Å². The smallest absolute Gasteiger partial charge is 0.251 e. The molecule has 0 aliphatic carbocycles. The normalized spacial score (nSPS) is 11.9. The van der Waals surface area contributed by atoms with Crippen molar-refractivity contribution < 1.29 is 15.0 Å². The summed E-state index contributed by atoms with van der Waals surface area (Å²) in [5, 5.41) is 22.2. The minimum absolute atomic E-state index is 0.0903. The van der Waals surface area contributed by atoms with Crippen LogP contribution in [0.2, 0.25) is 0 Å². The quantitative estimate of drug-likeness (QED) is 0.787. The van der Waals surface area contributed by atoms with Crippen LogP contribution in [0.25, 0.3) is 0 Å². The minimum atomic E-state index is -0.643. The van der Waals surface area contributed by atoms with Crippen molar-refractivity contribution in [3.63, 3.8) is 0 Å². The molecule has 2 aromatic carbocycles. The first kappa shape index (κ1) is 15.1. The third-order valence-electron chi connectivity index (χ3n) is 3.28. The summed E-state index contributed by atoms with van der Waals surface area (Å²) in [5.74, 6) is -0.218. The van der Waals surface area contributed by atoms with Gasteiger partial charge in [-0.1, -0.05) is 36.4 Å². The van der Waals surface area contributed by atoms with Gasteiger partial charge in [0.05, 0.1) is 6.10 Å². The molecule has 2 aromatic rings. The van der Waals surface area contributed by atoms with Gasteiger partial charge in [-0.25, -0.2) is 0 Å². The van der Waals surface area contributed by atoms with E-state index in [1.165, 1.54) is 6.07 Å². The predicted molar refractivity (Wildman–Crippen MR) is 81.3 cm³/mol. The van der Waals surface area contributed by atoms with Crippen LogP contribution in [0, 0.1) is 6.92 Å². The Morgan fingerprint density at radius 1 is 1.19 bits per heavy atom. The fraction of sp³-hybridized carbons (Fsp3) is 0.235. The van der Waals surface area contributed by atoms with E-state index in [4.69, 9.17) is 0 Å². The van der Waals surface area contributed by atoms with Crippen molar-refractivity contribution in [1.82, 2.24) is 5.32 Å². The van der Waals surface area contributed by atoms with Crippen molar-refractivity contribution in [1.29, 1.82) is 0 Å². The molecule has 0 bridgehead atoms. The lowest BCUT2D eigenvalue weighted by Crippen LogP contribution is -2.33. The first-order valence-corrected chi connectivity index (χ1v) is 6.86. The number of amides is 1. The molecule has 0 aromatic heterocycles. The summed E-state index contributed by atoms with van der Waals surface area (Å²) in [5.41, 5.74) is 2.12. The Hall–Kier alpha value is -2.33. The zero-order chi connectivity index (χ0) is 15.2. The topological polar surface area (TPSA) is 69.6 Å². The van der Waals surface area contributed by atoms with E-state index in [9.17, 15) is 15.0 Å². The number of aliphatic hydroxyl groups is 1.